The first-order chi connectivity index (χ1) is 14.8. The van der Waals surface area contributed by atoms with Gasteiger partial charge in [0.1, 0.15) is 0 Å². The lowest BCUT2D eigenvalue weighted by Crippen LogP contribution is -2.42. The molecule has 160 valence electrons. The maximum Gasteiger partial charge on any atom is 0.269 e. The second kappa shape index (κ2) is 10.6. The van der Waals surface area contributed by atoms with Crippen LogP contribution in [0.1, 0.15) is 32.9 Å². The van der Waals surface area contributed by atoms with E-state index in [0.29, 0.717) is 26.9 Å². The molecule has 0 saturated carbocycles. The van der Waals surface area contributed by atoms with Crippen LogP contribution in [0.15, 0.2) is 53.7 Å². The number of carbonyl (C=O) groups is 2. The largest absolute Gasteiger partial charge is 0.273 e. The highest BCUT2D eigenvalue weighted by Crippen LogP contribution is 2.24. The summed E-state index contributed by atoms with van der Waals surface area (Å²) in [6.07, 6.45) is -0.0462. The Morgan fingerprint density at radius 3 is 2.16 bits per heavy atom. The first kappa shape index (κ1) is 23.1. The number of aromatic nitrogens is 2. The van der Waals surface area contributed by atoms with Crippen molar-refractivity contribution in [1.29, 1.82) is 0 Å². The summed E-state index contributed by atoms with van der Waals surface area (Å²) in [7, 11) is 0. The van der Waals surface area contributed by atoms with Gasteiger partial charge in [0.2, 0.25) is 5.91 Å². The van der Waals surface area contributed by atoms with E-state index in [1.165, 1.54) is 11.8 Å². The van der Waals surface area contributed by atoms with Crippen LogP contribution in [0.4, 0.5) is 0 Å². The molecule has 0 bridgehead atoms. The topological polar surface area (TPSA) is 84.0 Å². The van der Waals surface area contributed by atoms with Crippen LogP contribution in [0.3, 0.4) is 0 Å². The highest BCUT2D eigenvalue weighted by atomic mass is 35.5. The molecular formula is C22H20Cl2N4O2S. The van der Waals surface area contributed by atoms with E-state index in [-0.39, 0.29) is 6.42 Å². The quantitative estimate of drug-likeness (QED) is 0.307. The number of nitrogens with zero attached hydrogens (tertiary/aromatic N) is 2. The minimum atomic E-state index is -0.426. The van der Waals surface area contributed by atoms with Crippen LogP contribution in [-0.4, -0.2) is 21.8 Å². The van der Waals surface area contributed by atoms with Gasteiger partial charge >= 0.3 is 0 Å². The lowest BCUT2D eigenvalue weighted by Gasteiger charge is -2.10. The number of halogens is 2. The zero-order chi connectivity index (χ0) is 22.4. The van der Waals surface area contributed by atoms with E-state index in [9.17, 15) is 9.59 Å². The molecule has 0 aliphatic rings. The molecule has 0 radical (unpaired) electrons. The van der Waals surface area contributed by atoms with Crippen molar-refractivity contribution in [3.8, 4) is 0 Å². The van der Waals surface area contributed by atoms with Gasteiger partial charge in [0.15, 0.2) is 5.16 Å². The lowest BCUT2D eigenvalue weighted by atomic mass is 10.1. The number of amides is 2. The monoisotopic (exact) mass is 474 g/mol. The van der Waals surface area contributed by atoms with E-state index in [1.807, 2.05) is 32.0 Å². The van der Waals surface area contributed by atoms with Crippen molar-refractivity contribution in [2.24, 2.45) is 0 Å². The fourth-order valence-electron chi connectivity index (χ4n) is 2.76. The highest BCUT2D eigenvalue weighted by Gasteiger charge is 2.12. The molecule has 1 aromatic heterocycles. The third-order valence-corrected chi connectivity index (χ3v) is 5.89. The summed E-state index contributed by atoms with van der Waals surface area (Å²) in [5.41, 5.74) is 8.60. The number of carbonyl (C=O) groups excluding carboxylic acids is 2. The van der Waals surface area contributed by atoms with E-state index < -0.39 is 11.8 Å². The van der Waals surface area contributed by atoms with Crippen LogP contribution in [-0.2, 0) is 17.0 Å². The van der Waals surface area contributed by atoms with E-state index in [2.05, 4.69) is 20.8 Å². The van der Waals surface area contributed by atoms with Crippen molar-refractivity contribution in [3.63, 3.8) is 0 Å². The highest BCUT2D eigenvalue weighted by molar-refractivity contribution is 7.98. The molecule has 0 saturated heterocycles. The molecule has 6 nitrogen and oxygen atoms in total. The SMILES string of the molecule is Cc1cc(C)nc(SCc2ccc(C(=O)NNC(=O)Cc3c(Cl)cccc3Cl)cc2)n1. The van der Waals surface area contributed by atoms with E-state index in [4.69, 9.17) is 23.2 Å². The second-order valence-corrected chi connectivity index (χ2v) is 8.56. The molecule has 0 unspecified atom stereocenters. The minimum absolute atomic E-state index is 0.0462. The molecule has 31 heavy (non-hydrogen) atoms. The van der Waals surface area contributed by atoms with Crippen molar-refractivity contribution in [1.82, 2.24) is 20.8 Å². The first-order valence-electron chi connectivity index (χ1n) is 9.38. The van der Waals surface area contributed by atoms with E-state index >= 15 is 0 Å². The Bertz CT molecular complexity index is 1070. The van der Waals surface area contributed by atoms with Crippen molar-refractivity contribution in [2.75, 3.05) is 0 Å². The Morgan fingerprint density at radius 1 is 0.935 bits per heavy atom. The number of hydrazine groups is 1. The molecule has 2 aromatic carbocycles. The Hall–Kier alpha value is -2.61. The first-order valence-corrected chi connectivity index (χ1v) is 11.1. The van der Waals surface area contributed by atoms with E-state index in [1.54, 1.807) is 30.3 Å². The molecule has 0 fully saturated rings. The number of rotatable bonds is 6. The Balaban J connectivity index is 1.51. The van der Waals surface area contributed by atoms with Gasteiger partial charge in [-0.1, -0.05) is 53.2 Å². The number of nitrogens with one attached hydrogen (secondary N) is 2. The molecule has 1 heterocycles. The third-order valence-electron chi connectivity index (χ3n) is 4.26. The van der Waals surface area contributed by atoms with Gasteiger partial charge in [0, 0.05) is 32.7 Å². The van der Waals surface area contributed by atoms with Crippen LogP contribution in [0, 0.1) is 13.8 Å². The van der Waals surface area contributed by atoms with Gasteiger partial charge in [-0.05, 0) is 55.3 Å². The molecule has 0 aliphatic carbocycles. The smallest absolute Gasteiger partial charge is 0.269 e. The molecule has 0 spiro atoms. The van der Waals surface area contributed by atoms with Gasteiger partial charge in [-0.2, -0.15) is 0 Å². The summed E-state index contributed by atoms with van der Waals surface area (Å²) in [4.78, 5) is 33.2. The van der Waals surface area contributed by atoms with Gasteiger partial charge in [-0.3, -0.25) is 20.4 Å². The van der Waals surface area contributed by atoms with E-state index in [0.717, 1.165) is 22.1 Å². The molecule has 9 heteroatoms. The summed E-state index contributed by atoms with van der Waals surface area (Å²) in [5, 5.41) is 1.52. The normalized spacial score (nSPS) is 10.6. The number of thioether (sulfide) groups is 1. The molecule has 0 aliphatic heterocycles. The number of benzene rings is 2. The maximum absolute atomic E-state index is 12.3. The second-order valence-electron chi connectivity index (χ2n) is 6.80. The lowest BCUT2D eigenvalue weighted by molar-refractivity contribution is -0.121. The molecule has 2 amide bonds. The fraction of sp³-hybridized carbons (Fsp3) is 0.182. The summed E-state index contributed by atoms with van der Waals surface area (Å²) < 4.78 is 0. The van der Waals surface area contributed by atoms with Crippen LogP contribution < -0.4 is 10.9 Å². The average Bonchev–Trinajstić information content (AvgIpc) is 2.73. The molecule has 3 aromatic rings. The third kappa shape index (κ3) is 6.69. The summed E-state index contributed by atoms with van der Waals surface area (Å²) in [5.74, 6) is -0.166. The van der Waals surface area contributed by atoms with Gasteiger partial charge < -0.3 is 0 Å². The number of aryl methyl sites for hydroxylation is 2. The minimum Gasteiger partial charge on any atom is -0.273 e. The predicted octanol–water partition coefficient (Wildman–Crippen LogP) is 4.70. The van der Waals surface area contributed by atoms with Gasteiger partial charge in [-0.25, -0.2) is 9.97 Å². The van der Waals surface area contributed by atoms with Crippen LogP contribution in [0.2, 0.25) is 10.0 Å². The molecule has 0 atom stereocenters. The molecule has 2 N–H and O–H groups in total. The van der Waals surface area contributed by atoms with Crippen molar-refractivity contribution < 1.29 is 9.59 Å². The predicted molar refractivity (Wildman–Crippen MR) is 123 cm³/mol. The maximum atomic E-state index is 12.3. The zero-order valence-electron chi connectivity index (χ0n) is 16.9. The van der Waals surface area contributed by atoms with Crippen molar-refractivity contribution >= 4 is 46.8 Å². The standard InChI is InChI=1S/C22H20Cl2N4O2S/c1-13-10-14(2)26-22(25-13)31-12-15-6-8-16(9-7-15)21(30)28-27-20(29)11-17-18(23)4-3-5-19(17)24/h3-10H,11-12H2,1-2H3,(H,27,29)(H,28,30). The van der Waals surface area contributed by atoms with Crippen molar-refractivity contribution in [3.05, 3.63) is 86.7 Å². The van der Waals surface area contributed by atoms with Crippen LogP contribution in [0.25, 0.3) is 0 Å². The average molecular weight is 475 g/mol. The Kier molecular flexibility index (Phi) is 7.90. The zero-order valence-corrected chi connectivity index (χ0v) is 19.2. The Morgan fingerprint density at radius 2 is 1.55 bits per heavy atom. The van der Waals surface area contributed by atoms with Crippen LogP contribution >= 0.6 is 35.0 Å². The molecule has 3 rings (SSSR count). The van der Waals surface area contributed by atoms with Crippen molar-refractivity contribution in [2.45, 2.75) is 31.2 Å². The van der Waals surface area contributed by atoms with Gasteiger partial charge in [0.05, 0.1) is 6.42 Å². The van der Waals surface area contributed by atoms with Crippen LogP contribution in [0.5, 0.6) is 0 Å². The Labute approximate surface area is 194 Å². The fourth-order valence-corrected chi connectivity index (χ4v) is 4.20. The van der Waals surface area contributed by atoms with Gasteiger partial charge in [0.25, 0.3) is 5.91 Å². The number of hydrogen-bond donors (Lipinski definition) is 2. The summed E-state index contributed by atoms with van der Waals surface area (Å²) in [6, 6.07) is 14.0. The molecular weight excluding hydrogens is 455 g/mol. The number of hydrogen-bond acceptors (Lipinski definition) is 5. The summed E-state index contributed by atoms with van der Waals surface area (Å²) >= 11 is 13.7. The summed E-state index contributed by atoms with van der Waals surface area (Å²) in [6.45, 7) is 3.88. The van der Waals surface area contributed by atoms with Gasteiger partial charge in [-0.15, -0.1) is 0 Å².